The highest BCUT2D eigenvalue weighted by atomic mass is 16.4. The van der Waals surface area contributed by atoms with Crippen molar-refractivity contribution in [1.82, 2.24) is 4.98 Å². The van der Waals surface area contributed by atoms with E-state index < -0.39 is 0 Å². The highest BCUT2D eigenvalue weighted by Gasteiger charge is 2.03. The molecule has 0 radical (unpaired) electrons. The van der Waals surface area contributed by atoms with Crippen LogP contribution < -0.4 is 11.1 Å². The van der Waals surface area contributed by atoms with Crippen LogP contribution in [-0.2, 0) is 6.54 Å². The van der Waals surface area contributed by atoms with Crippen LogP contribution in [0.25, 0.3) is 11.1 Å². The number of anilines is 2. The van der Waals surface area contributed by atoms with E-state index in [0.29, 0.717) is 12.6 Å². The van der Waals surface area contributed by atoms with Crippen LogP contribution >= 0.6 is 0 Å². The Bertz CT molecular complexity index is 642. The van der Waals surface area contributed by atoms with Crippen molar-refractivity contribution in [3.8, 4) is 0 Å². The molecule has 4 nitrogen and oxygen atoms in total. The van der Waals surface area contributed by atoms with Crippen molar-refractivity contribution in [2.24, 2.45) is 0 Å². The summed E-state index contributed by atoms with van der Waals surface area (Å²) >= 11 is 0. The first-order valence-corrected chi connectivity index (χ1v) is 5.75. The summed E-state index contributed by atoms with van der Waals surface area (Å²) in [7, 11) is 0. The Morgan fingerprint density at radius 1 is 1.11 bits per heavy atom. The summed E-state index contributed by atoms with van der Waals surface area (Å²) in [6.45, 7) is 0.637. The Kier molecular flexibility index (Phi) is 2.61. The molecule has 1 heterocycles. The van der Waals surface area contributed by atoms with Crippen molar-refractivity contribution in [2.45, 2.75) is 6.54 Å². The molecule has 0 bridgehead atoms. The van der Waals surface area contributed by atoms with Gasteiger partial charge in [0, 0.05) is 12.2 Å². The lowest BCUT2D eigenvalue weighted by Gasteiger charge is -2.02. The summed E-state index contributed by atoms with van der Waals surface area (Å²) in [5.41, 5.74) is 9.21. The quantitative estimate of drug-likeness (QED) is 0.689. The second-order valence-corrected chi connectivity index (χ2v) is 4.09. The fraction of sp³-hybridized carbons (Fsp3) is 0.0714. The van der Waals surface area contributed by atoms with E-state index in [1.54, 1.807) is 0 Å². The lowest BCUT2D eigenvalue weighted by molar-refractivity contribution is 0.614. The molecular weight excluding hydrogens is 226 g/mol. The molecule has 0 amide bonds. The van der Waals surface area contributed by atoms with Gasteiger partial charge in [-0.2, -0.15) is 4.98 Å². The van der Waals surface area contributed by atoms with Crippen LogP contribution in [-0.4, -0.2) is 4.98 Å². The average molecular weight is 239 g/mol. The van der Waals surface area contributed by atoms with E-state index in [1.165, 1.54) is 0 Å². The van der Waals surface area contributed by atoms with E-state index in [9.17, 15) is 0 Å². The van der Waals surface area contributed by atoms with Gasteiger partial charge in [0.05, 0.1) is 0 Å². The molecule has 90 valence electrons. The van der Waals surface area contributed by atoms with Gasteiger partial charge < -0.3 is 15.5 Å². The van der Waals surface area contributed by atoms with E-state index in [0.717, 1.165) is 22.4 Å². The van der Waals surface area contributed by atoms with Crippen LogP contribution in [0, 0.1) is 0 Å². The van der Waals surface area contributed by atoms with E-state index in [1.807, 2.05) is 48.5 Å². The number of benzene rings is 2. The Hall–Kier alpha value is -2.49. The summed E-state index contributed by atoms with van der Waals surface area (Å²) in [5.74, 6) is 0. The lowest BCUT2D eigenvalue weighted by atomic mass is 10.2. The monoisotopic (exact) mass is 239 g/mol. The van der Waals surface area contributed by atoms with Crippen molar-refractivity contribution in [2.75, 3.05) is 11.1 Å². The molecule has 2 aromatic carbocycles. The molecule has 0 unspecified atom stereocenters. The number of para-hydroxylation sites is 2. The van der Waals surface area contributed by atoms with Crippen molar-refractivity contribution >= 4 is 22.8 Å². The standard InChI is InChI=1S/C14H13N3O/c15-11-5-3-4-10(8-11)9-16-14-17-12-6-1-2-7-13(12)18-14/h1-8H,9,15H2,(H,16,17). The third-order valence-corrected chi connectivity index (χ3v) is 2.69. The molecule has 0 saturated carbocycles. The topological polar surface area (TPSA) is 64.1 Å². The fourth-order valence-corrected chi connectivity index (χ4v) is 1.83. The number of oxazole rings is 1. The fourth-order valence-electron chi connectivity index (χ4n) is 1.83. The van der Waals surface area contributed by atoms with Gasteiger partial charge in [-0.3, -0.25) is 0 Å². The average Bonchev–Trinajstić information content (AvgIpc) is 2.79. The summed E-state index contributed by atoms with van der Waals surface area (Å²) in [6, 6.07) is 15.9. The number of aromatic nitrogens is 1. The van der Waals surface area contributed by atoms with Crippen LogP contribution in [0.15, 0.2) is 52.9 Å². The molecule has 1 aromatic heterocycles. The van der Waals surface area contributed by atoms with Crippen molar-refractivity contribution in [3.05, 3.63) is 54.1 Å². The first-order valence-electron chi connectivity index (χ1n) is 5.75. The zero-order chi connectivity index (χ0) is 12.4. The predicted molar refractivity (Wildman–Crippen MR) is 72.2 cm³/mol. The highest BCUT2D eigenvalue weighted by molar-refractivity contribution is 5.74. The molecule has 4 heteroatoms. The summed E-state index contributed by atoms with van der Waals surface area (Å²) in [6.07, 6.45) is 0. The second-order valence-electron chi connectivity index (χ2n) is 4.09. The van der Waals surface area contributed by atoms with Crippen LogP contribution in [0.2, 0.25) is 0 Å². The molecule has 3 aromatic rings. The molecule has 18 heavy (non-hydrogen) atoms. The van der Waals surface area contributed by atoms with E-state index in [4.69, 9.17) is 10.2 Å². The van der Waals surface area contributed by atoms with E-state index in [-0.39, 0.29) is 0 Å². The SMILES string of the molecule is Nc1cccc(CNc2nc3ccccc3o2)c1. The van der Waals surface area contributed by atoms with Crippen molar-refractivity contribution in [1.29, 1.82) is 0 Å². The Balaban J connectivity index is 1.76. The zero-order valence-corrected chi connectivity index (χ0v) is 9.76. The predicted octanol–water partition coefficient (Wildman–Crippen LogP) is 3.02. The molecule has 3 N–H and O–H groups in total. The van der Waals surface area contributed by atoms with Gasteiger partial charge in [-0.05, 0) is 29.8 Å². The maximum absolute atomic E-state index is 5.72. The normalized spacial score (nSPS) is 10.7. The number of nitrogens with two attached hydrogens (primary N) is 1. The number of hydrogen-bond donors (Lipinski definition) is 2. The maximum Gasteiger partial charge on any atom is 0.295 e. The van der Waals surface area contributed by atoms with Gasteiger partial charge in [0.2, 0.25) is 0 Å². The minimum atomic E-state index is 0.527. The van der Waals surface area contributed by atoms with Crippen LogP contribution in [0.1, 0.15) is 5.56 Å². The van der Waals surface area contributed by atoms with E-state index in [2.05, 4.69) is 10.3 Å². The lowest BCUT2D eigenvalue weighted by Crippen LogP contribution is -1.99. The van der Waals surface area contributed by atoms with Gasteiger partial charge in [-0.25, -0.2) is 0 Å². The minimum absolute atomic E-state index is 0.527. The number of nitrogens with one attached hydrogen (secondary N) is 1. The van der Waals surface area contributed by atoms with Crippen LogP contribution in [0.4, 0.5) is 11.7 Å². The summed E-state index contributed by atoms with van der Waals surface area (Å²) in [4.78, 5) is 4.34. The molecule has 3 rings (SSSR count). The van der Waals surface area contributed by atoms with Gasteiger partial charge in [-0.1, -0.05) is 24.3 Å². The third-order valence-electron chi connectivity index (χ3n) is 2.69. The van der Waals surface area contributed by atoms with Gasteiger partial charge in [0.1, 0.15) is 5.52 Å². The first kappa shape index (κ1) is 10.7. The Labute approximate surface area is 104 Å². The second kappa shape index (κ2) is 4.41. The highest BCUT2D eigenvalue weighted by Crippen LogP contribution is 2.18. The number of rotatable bonds is 3. The molecule has 0 aliphatic carbocycles. The van der Waals surface area contributed by atoms with Crippen molar-refractivity contribution in [3.63, 3.8) is 0 Å². The molecular formula is C14H13N3O. The van der Waals surface area contributed by atoms with Gasteiger partial charge >= 0.3 is 0 Å². The molecule has 0 saturated heterocycles. The van der Waals surface area contributed by atoms with Crippen LogP contribution in [0.3, 0.4) is 0 Å². The molecule has 0 fully saturated rings. The maximum atomic E-state index is 5.72. The summed E-state index contributed by atoms with van der Waals surface area (Å²) in [5, 5.41) is 3.14. The van der Waals surface area contributed by atoms with Crippen LogP contribution in [0.5, 0.6) is 0 Å². The molecule has 0 aliphatic rings. The number of fused-ring (bicyclic) bond motifs is 1. The molecule has 0 atom stereocenters. The van der Waals surface area contributed by atoms with E-state index >= 15 is 0 Å². The molecule has 0 aliphatic heterocycles. The minimum Gasteiger partial charge on any atom is -0.424 e. The van der Waals surface area contributed by atoms with Crippen molar-refractivity contribution < 1.29 is 4.42 Å². The molecule has 0 spiro atoms. The number of nitrogen functional groups attached to an aromatic ring is 1. The number of nitrogens with zero attached hydrogens (tertiary/aromatic N) is 1. The third kappa shape index (κ3) is 2.13. The largest absolute Gasteiger partial charge is 0.424 e. The number of hydrogen-bond acceptors (Lipinski definition) is 4. The zero-order valence-electron chi connectivity index (χ0n) is 9.76. The van der Waals surface area contributed by atoms with Gasteiger partial charge in [-0.15, -0.1) is 0 Å². The smallest absolute Gasteiger partial charge is 0.295 e. The summed E-state index contributed by atoms with van der Waals surface area (Å²) < 4.78 is 5.57. The first-order chi connectivity index (χ1) is 8.81. The van der Waals surface area contributed by atoms with Gasteiger partial charge in [0.15, 0.2) is 5.58 Å². The van der Waals surface area contributed by atoms with Gasteiger partial charge in [0.25, 0.3) is 6.01 Å². The Morgan fingerprint density at radius 3 is 2.83 bits per heavy atom. The Morgan fingerprint density at radius 2 is 2.00 bits per heavy atom.